The average molecular weight is 736 g/mol. The van der Waals surface area contributed by atoms with Gasteiger partial charge < -0.3 is 20.3 Å². The molecule has 3 unspecified atom stereocenters. The monoisotopic (exact) mass is 736 g/mol. The first kappa shape index (κ1) is 50.6. The minimum absolute atomic E-state index is 0.0803. The molecule has 0 radical (unpaired) electrons. The fraction of sp³-hybridized carbons (Fsp3) is 0.913. The Hall–Kier alpha value is -1.40. The molecule has 6 heteroatoms. The molecule has 0 aromatic rings. The van der Waals surface area contributed by atoms with Crippen LogP contribution in [0.25, 0.3) is 0 Å². The van der Waals surface area contributed by atoms with E-state index in [1.165, 1.54) is 141 Å². The van der Waals surface area contributed by atoms with Gasteiger partial charge in [-0.1, -0.05) is 200 Å². The number of allylic oxidation sites excluding steroid dienone is 2. The number of aliphatic hydroxyl groups is 2. The number of nitrogens with one attached hydrogen (secondary N) is 1. The van der Waals surface area contributed by atoms with Crippen molar-refractivity contribution >= 4 is 11.9 Å². The highest BCUT2D eigenvalue weighted by Gasteiger charge is 2.24. The van der Waals surface area contributed by atoms with E-state index >= 15 is 0 Å². The van der Waals surface area contributed by atoms with Gasteiger partial charge in [-0.15, -0.1) is 0 Å². The normalized spacial score (nSPS) is 13.4. The van der Waals surface area contributed by atoms with Crippen LogP contribution >= 0.6 is 0 Å². The lowest BCUT2D eigenvalue weighted by Crippen LogP contribution is -2.46. The van der Waals surface area contributed by atoms with Gasteiger partial charge in [0.15, 0.2) is 0 Å². The number of aliphatic hydroxyl groups excluding tert-OH is 2. The molecule has 3 N–H and O–H groups in total. The van der Waals surface area contributed by atoms with Crippen molar-refractivity contribution < 1.29 is 24.5 Å². The van der Waals surface area contributed by atoms with Crippen LogP contribution < -0.4 is 5.32 Å². The van der Waals surface area contributed by atoms with Crippen LogP contribution in [-0.2, 0) is 14.3 Å². The second-order valence-corrected chi connectivity index (χ2v) is 15.8. The van der Waals surface area contributed by atoms with Crippen LogP contribution in [0.3, 0.4) is 0 Å². The summed E-state index contributed by atoms with van der Waals surface area (Å²) in [6.07, 6.45) is 42.7. The molecule has 0 spiro atoms. The second kappa shape index (κ2) is 40.8. The lowest BCUT2D eigenvalue weighted by molar-refractivity contribution is -0.151. The molecule has 308 valence electrons. The fourth-order valence-corrected chi connectivity index (χ4v) is 7.08. The standard InChI is InChI=1S/C46H89NO5/c1-4-7-10-13-16-19-22-24-25-28-31-34-37-42(52-46(51)39-36-33-30-27-21-18-15-12-9-6-3)40-45(50)47-43(41-48)44(49)38-35-32-29-26-23-20-17-14-11-8-5-2/h12,15,42-44,48-49H,4-11,13-14,16-41H2,1-3H3,(H,47,50)/b15-12-. The molecule has 0 aromatic heterocycles. The number of rotatable bonds is 41. The molecule has 0 aliphatic carbocycles. The van der Waals surface area contributed by atoms with Crippen LogP contribution in [0, 0.1) is 0 Å². The van der Waals surface area contributed by atoms with E-state index in [1.54, 1.807) is 0 Å². The number of amides is 1. The van der Waals surface area contributed by atoms with Crippen molar-refractivity contribution in [2.24, 2.45) is 0 Å². The number of unbranched alkanes of at least 4 members (excludes halogenated alkanes) is 27. The van der Waals surface area contributed by atoms with Crippen molar-refractivity contribution in [1.82, 2.24) is 5.32 Å². The minimum Gasteiger partial charge on any atom is -0.462 e. The number of hydrogen-bond donors (Lipinski definition) is 3. The second-order valence-electron chi connectivity index (χ2n) is 15.8. The van der Waals surface area contributed by atoms with Crippen LogP contribution in [0.5, 0.6) is 0 Å². The predicted octanol–water partition coefficient (Wildman–Crippen LogP) is 13.0. The predicted molar refractivity (Wildman–Crippen MR) is 223 cm³/mol. The number of carbonyl (C=O) groups excluding carboxylic acids is 2. The highest BCUT2D eigenvalue weighted by atomic mass is 16.5. The topological polar surface area (TPSA) is 95.9 Å². The molecule has 0 aliphatic heterocycles. The van der Waals surface area contributed by atoms with Crippen molar-refractivity contribution in [3.05, 3.63) is 12.2 Å². The Balaban J connectivity index is 4.56. The summed E-state index contributed by atoms with van der Waals surface area (Å²) in [5.41, 5.74) is 0. The number of carbonyl (C=O) groups is 2. The highest BCUT2D eigenvalue weighted by molar-refractivity contribution is 5.77. The van der Waals surface area contributed by atoms with Crippen molar-refractivity contribution in [3.63, 3.8) is 0 Å². The zero-order valence-corrected chi connectivity index (χ0v) is 35.0. The van der Waals surface area contributed by atoms with Gasteiger partial charge in [0, 0.05) is 6.42 Å². The first-order chi connectivity index (χ1) is 25.5. The van der Waals surface area contributed by atoms with Gasteiger partial charge in [-0.05, 0) is 44.9 Å². The maximum atomic E-state index is 13.1. The van der Waals surface area contributed by atoms with E-state index in [-0.39, 0.29) is 24.9 Å². The molecular formula is C46H89NO5. The van der Waals surface area contributed by atoms with E-state index < -0.39 is 18.2 Å². The Labute approximate surface area is 323 Å². The van der Waals surface area contributed by atoms with E-state index in [4.69, 9.17) is 4.74 Å². The molecule has 6 nitrogen and oxygen atoms in total. The summed E-state index contributed by atoms with van der Waals surface area (Å²) in [5.74, 6) is -0.476. The quantitative estimate of drug-likeness (QED) is 0.0330. The van der Waals surface area contributed by atoms with Crippen molar-refractivity contribution in [2.45, 2.75) is 264 Å². The van der Waals surface area contributed by atoms with E-state index in [0.29, 0.717) is 19.3 Å². The third kappa shape index (κ3) is 35.6. The smallest absolute Gasteiger partial charge is 0.306 e. The van der Waals surface area contributed by atoms with Gasteiger partial charge in [0.2, 0.25) is 5.91 Å². The van der Waals surface area contributed by atoms with E-state index in [2.05, 4.69) is 38.2 Å². The summed E-state index contributed by atoms with van der Waals surface area (Å²) in [6, 6.07) is -0.694. The molecule has 0 bridgehead atoms. The third-order valence-corrected chi connectivity index (χ3v) is 10.6. The third-order valence-electron chi connectivity index (χ3n) is 10.6. The highest BCUT2D eigenvalue weighted by Crippen LogP contribution is 2.18. The lowest BCUT2D eigenvalue weighted by atomic mass is 10.0. The number of esters is 1. The first-order valence-electron chi connectivity index (χ1n) is 22.9. The van der Waals surface area contributed by atoms with E-state index in [0.717, 1.165) is 57.8 Å². The molecule has 0 saturated heterocycles. The molecule has 0 heterocycles. The lowest BCUT2D eigenvalue weighted by Gasteiger charge is -2.24. The molecule has 0 fully saturated rings. The largest absolute Gasteiger partial charge is 0.462 e. The summed E-state index contributed by atoms with van der Waals surface area (Å²) < 4.78 is 5.89. The van der Waals surface area contributed by atoms with Crippen molar-refractivity contribution in [2.75, 3.05) is 6.61 Å². The van der Waals surface area contributed by atoms with Crippen LogP contribution in [0.15, 0.2) is 12.2 Å². The Kier molecular flexibility index (Phi) is 39.7. The summed E-state index contributed by atoms with van der Waals surface area (Å²) in [6.45, 7) is 6.41. The zero-order valence-electron chi connectivity index (χ0n) is 35.0. The van der Waals surface area contributed by atoms with Gasteiger partial charge >= 0.3 is 5.97 Å². The maximum Gasteiger partial charge on any atom is 0.306 e. The molecule has 3 atom stereocenters. The van der Waals surface area contributed by atoms with Gasteiger partial charge in [-0.3, -0.25) is 9.59 Å². The van der Waals surface area contributed by atoms with Gasteiger partial charge in [-0.25, -0.2) is 0 Å². The molecule has 0 rings (SSSR count). The van der Waals surface area contributed by atoms with Crippen molar-refractivity contribution in [3.8, 4) is 0 Å². The first-order valence-corrected chi connectivity index (χ1v) is 22.9. The average Bonchev–Trinajstić information content (AvgIpc) is 3.13. The van der Waals surface area contributed by atoms with Gasteiger partial charge in [0.1, 0.15) is 6.10 Å². The molecule has 0 saturated carbocycles. The maximum absolute atomic E-state index is 13.1. The molecule has 0 aromatic carbocycles. The molecule has 1 amide bonds. The molecule has 52 heavy (non-hydrogen) atoms. The Morgan fingerprint density at radius 1 is 0.538 bits per heavy atom. The van der Waals surface area contributed by atoms with Crippen LogP contribution in [0.4, 0.5) is 0 Å². The van der Waals surface area contributed by atoms with Crippen LogP contribution in [0.1, 0.15) is 245 Å². The van der Waals surface area contributed by atoms with E-state index in [9.17, 15) is 19.8 Å². The van der Waals surface area contributed by atoms with Crippen LogP contribution in [0.2, 0.25) is 0 Å². The fourth-order valence-electron chi connectivity index (χ4n) is 7.08. The number of hydrogen-bond acceptors (Lipinski definition) is 5. The number of ether oxygens (including phenoxy) is 1. The Morgan fingerprint density at radius 2 is 0.962 bits per heavy atom. The minimum atomic E-state index is -0.780. The zero-order chi connectivity index (χ0) is 38.2. The summed E-state index contributed by atoms with van der Waals surface area (Å²) >= 11 is 0. The SMILES string of the molecule is CCC/C=C\CCCCCCCC(=O)OC(CCCCCCCCCCCCCC)CC(=O)NC(CO)C(O)CCCCCCCCCCCCC. The Bertz CT molecular complexity index is 787. The van der Waals surface area contributed by atoms with E-state index in [1.807, 2.05) is 0 Å². The molecular weight excluding hydrogens is 647 g/mol. The van der Waals surface area contributed by atoms with Gasteiger partial charge in [0.05, 0.1) is 25.2 Å². The van der Waals surface area contributed by atoms with Gasteiger partial charge in [0.25, 0.3) is 0 Å². The summed E-state index contributed by atoms with van der Waals surface area (Å²) in [5, 5.41) is 23.6. The summed E-state index contributed by atoms with van der Waals surface area (Å²) in [7, 11) is 0. The van der Waals surface area contributed by atoms with Crippen LogP contribution in [-0.4, -0.2) is 46.9 Å². The Morgan fingerprint density at radius 3 is 1.44 bits per heavy atom. The molecule has 0 aliphatic rings. The van der Waals surface area contributed by atoms with Gasteiger partial charge in [-0.2, -0.15) is 0 Å². The van der Waals surface area contributed by atoms with Crippen molar-refractivity contribution in [1.29, 1.82) is 0 Å². The summed E-state index contributed by atoms with van der Waals surface area (Å²) in [4.78, 5) is 25.9.